The van der Waals surface area contributed by atoms with Crippen LogP contribution < -0.4 is 0 Å². The van der Waals surface area contributed by atoms with Crippen LogP contribution in [0.1, 0.15) is 18.7 Å². The maximum atomic E-state index is 3.98. The third-order valence-electron chi connectivity index (χ3n) is 2.83. The second-order valence-electron chi connectivity index (χ2n) is 3.54. The fourth-order valence-electron chi connectivity index (χ4n) is 2.17. The molecule has 5 heteroatoms. The van der Waals surface area contributed by atoms with Gasteiger partial charge in [0.1, 0.15) is 0 Å². The Morgan fingerprint density at radius 3 is 3.42 bits per heavy atom. The van der Waals surface area contributed by atoms with E-state index in [1.165, 1.54) is 19.4 Å². The second kappa shape index (κ2) is 2.26. The number of tetrazole rings is 1. The molecule has 64 valence electrons. The SMILES string of the molecule is C1C[C@H]2Cn3nnnc3CN2C1. The highest BCUT2D eigenvalue weighted by Gasteiger charge is 2.31. The molecule has 1 aromatic rings. The summed E-state index contributed by atoms with van der Waals surface area (Å²) in [7, 11) is 0. The average Bonchev–Trinajstić information content (AvgIpc) is 2.64. The zero-order valence-electron chi connectivity index (χ0n) is 6.85. The summed E-state index contributed by atoms with van der Waals surface area (Å²) in [6.45, 7) is 3.15. The molecule has 0 bridgehead atoms. The Morgan fingerprint density at radius 2 is 2.42 bits per heavy atom. The molecular formula is C7H11N5. The molecule has 1 fully saturated rings. The van der Waals surface area contributed by atoms with Gasteiger partial charge in [-0.2, -0.15) is 0 Å². The molecule has 3 heterocycles. The van der Waals surface area contributed by atoms with Crippen LogP contribution in [0.2, 0.25) is 0 Å². The molecule has 2 aliphatic rings. The molecule has 0 unspecified atom stereocenters. The third-order valence-corrected chi connectivity index (χ3v) is 2.83. The van der Waals surface area contributed by atoms with Crippen molar-refractivity contribution in [1.29, 1.82) is 0 Å². The number of hydrogen-bond donors (Lipinski definition) is 0. The number of hydrogen-bond acceptors (Lipinski definition) is 4. The first-order valence-electron chi connectivity index (χ1n) is 4.42. The van der Waals surface area contributed by atoms with E-state index in [2.05, 4.69) is 20.4 Å². The van der Waals surface area contributed by atoms with Crippen LogP contribution in [0, 0.1) is 0 Å². The molecule has 12 heavy (non-hydrogen) atoms. The van der Waals surface area contributed by atoms with Crippen LogP contribution >= 0.6 is 0 Å². The van der Waals surface area contributed by atoms with Crippen molar-refractivity contribution in [2.24, 2.45) is 0 Å². The van der Waals surface area contributed by atoms with Gasteiger partial charge in [0.25, 0.3) is 0 Å². The fraction of sp³-hybridized carbons (Fsp3) is 0.857. The number of nitrogens with zero attached hydrogens (tertiary/aromatic N) is 5. The number of aromatic nitrogens is 4. The summed E-state index contributed by atoms with van der Waals surface area (Å²) in [6, 6.07) is 0.695. The molecule has 1 saturated heterocycles. The lowest BCUT2D eigenvalue weighted by molar-refractivity contribution is 0.177. The predicted molar refractivity (Wildman–Crippen MR) is 41.2 cm³/mol. The Bertz CT molecular complexity index is 267. The minimum absolute atomic E-state index is 0.695. The van der Waals surface area contributed by atoms with Gasteiger partial charge in [0.15, 0.2) is 5.82 Å². The van der Waals surface area contributed by atoms with Crippen molar-refractivity contribution < 1.29 is 0 Å². The lowest BCUT2D eigenvalue weighted by Gasteiger charge is -2.28. The zero-order valence-corrected chi connectivity index (χ0v) is 6.85. The maximum absolute atomic E-state index is 3.98. The monoisotopic (exact) mass is 165 g/mol. The smallest absolute Gasteiger partial charge is 0.165 e. The molecule has 0 saturated carbocycles. The molecule has 0 radical (unpaired) electrons. The van der Waals surface area contributed by atoms with E-state index >= 15 is 0 Å². The predicted octanol–water partition coefficient (Wildman–Crippen LogP) is -0.349. The molecule has 0 N–H and O–H groups in total. The van der Waals surface area contributed by atoms with Gasteiger partial charge in [-0.25, -0.2) is 4.68 Å². The van der Waals surface area contributed by atoms with Gasteiger partial charge in [0.05, 0.1) is 13.1 Å². The first-order chi connectivity index (χ1) is 5.93. The molecule has 0 aromatic carbocycles. The Hall–Kier alpha value is -0.970. The molecule has 2 aliphatic heterocycles. The van der Waals surface area contributed by atoms with Crippen molar-refractivity contribution in [2.45, 2.75) is 32.0 Å². The molecule has 0 spiro atoms. The van der Waals surface area contributed by atoms with Gasteiger partial charge in [0, 0.05) is 6.04 Å². The van der Waals surface area contributed by atoms with Crippen molar-refractivity contribution in [3.05, 3.63) is 5.82 Å². The van der Waals surface area contributed by atoms with Gasteiger partial charge in [-0.15, -0.1) is 5.10 Å². The number of fused-ring (bicyclic) bond motifs is 2. The van der Waals surface area contributed by atoms with Gasteiger partial charge in [0.2, 0.25) is 0 Å². The third kappa shape index (κ3) is 0.797. The quantitative estimate of drug-likeness (QED) is 0.527. The summed E-state index contributed by atoms with van der Waals surface area (Å²) in [4.78, 5) is 2.48. The average molecular weight is 165 g/mol. The van der Waals surface area contributed by atoms with Crippen LogP contribution in [0.25, 0.3) is 0 Å². The lowest BCUT2D eigenvalue weighted by atomic mass is 10.2. The second-order valence-corrected chi connectivity index (χ2v) is 3.54. The van der Waals surface area contributed by atoms with Gasteiger partial charge < -0.3 is 0 Å². The topological polar surface area (TPSA) is 46.8 Å². The Labute approximate surface area is 70.4 Å². The molecule has 1 aromatic heterocycles. The summed E-state index contributed by atoms with van der Waals surface area (Å²) in [5.74, 6) is 1.02. The summed E-state index contributed by atoms with van der Waals surface area (Å²) in [5.41, 5.74) is 0. The van der Waals surface area contributed by atoms with E-state index in [0.717, 1.165) is 18.9 Å². The fourth-order valence-corrected chi connectivity index (χ4v) is 2.17. The Morgan fingerprint density at radius 1 is 1.42 bits per heavy atom. The highest BCUT2D eigenvalue weighted by molar-refractivity contribution is 4.92. The highest BCUT2D eigenvalue weighted by Crippen LogP contribution is 2.23. The van der Waals surface area contributed by atoms with Gasteiger partial charge >= 0.3 is 0 Å². The lowest BCUT2D eigenvalue weighted by Crippen LogP contribution is -2.38. The van der Waals surface area contributed by atoms with Crippen LogP contribution in [-0.2, 0) is 13.1 Å². The van der Waals surface area contributed by atoms with Crippen molar-refractivity contribution in [1.82, 2.24) is 25.1 Å². The van der Waals surface area contributed by atoms with Crippen LogP contribution in [0.15, 0.2) is 0 Å². The molecule has 0 aliphatic carbocycles. The van der Waals surface area contributed by atoms with E-state index in [1.807, 2.05) is 4.68 Å². The first-order valence-corrected chi connectivity index (χ1v) is 4.42. The number of rotatable bonds is 0. The summed E-state index contributed by atoms with van der Waals surface area (Å²) < 4.78 is 1.94. The van der Waals surface area contributed by atoms with Crippen LogP contribution in [0.4, 0.5) is 0 Å². The van der Waals surface area contributed by atoms with E-state index in [-0.39, 0.29) is 0 Å². The molecule has 3 rings (SSSR count). The minimum atomic E-state index is 0.695. The van der Waals surface area contributed by atoms with Crippen LogP contribution in [0.5, 0.6) is 0 Å². The van der Waals surface area contributed by atoms with Crippen LogP contribution in [-0.4, -0.2) is 37.7 Å². The molecular weight excluding hydrogens is 154 g/mol. The van der Waals surface area contributed by atoms with Crippen molar-refractivity contribution in [3.8, 4) is 0 Å². The summed E-state index contributed by atoms with van der Waals surface area (Å²) >= 11 is 0. The van der Waals surface area contributed by atoms with Gasteiger partial charge in [-0.05, 0) is 29.8 Å². The largest absolute Gasteiger partial charge is 0.291 e. The molecule has 5 nitrogen and oxygen atoms in total. The summed E-state index contributed by atoms with van der Waals surface area (Å²) in [6.07, 6.45) is 2.63. The van der Waals surface area contributed by atoms with Crippen LogP contribution in [0.3, 0.4) is 0 Å². The standard InChI is InChI=1S/C7H11N5/c1-2-6-4-12-7(8-9-10-12)5-11(6)3-1/h6H,1-5H2/t6-/m0/s1. The van der Waals surface area contributed by atoms with Crippen molar-refractivity contribution in [3.63, 3.8) is 0 Å². The van der Waals surface area contributed by atoms with Gasteiger partial charge in [-0.3, -0.25) is 4.90 Å². The highest BCUT2D eigenvalue weighted by atomic mass is 15.6. The Balaban J connectivity index is 1.95. The minimum Gasteiger partial charge on any atom is -0.291 e. The zero-order chi connectivity index (χ0) is 7.97. The van der Waals surface area contributed by atoms with E-state index in [0.29, 0.717) is 6.04 Å². The van der Waals surface area contributed by atoms with Crippen molar-refractivity contribution >= 4 is 0 Å². The van der Waals surface area contributed by atoms with E-state index < -0.39 is 0 Å². The Kier molecular flexibility index (Phi) is 1.23. The first kappa shape index (κ1) is 6.54. The maximum Gasteiger partial charge on any atom is 0.165 e. The van der Waals surface area contributed by atoms with Gasteiger partial charge in [-0.1, -0.05) is 0 Å². The van der Waals surface area contributed by atoms with E-state index in [9.17, 15) is 0 Å². The molecule has 0 amide bonds. The van der Waals surface area contributed by atoms with E-state index in [4.69, 9.17) is 0 Å². The summed E-state index contributed by atoms with van der Waals surface area (Å²) in [5, 5.41) is 11.6. The molecule has 1 atom stereocenters. The normalized spacial score (nSPS) is 28.5. The van der Waals surface area contributed by atoms with Crippen molar-refractivity contribution in [2.75, 3.05) is 6.54 Å². The van der Waals surface area contributed by atoms with E-state index in [1.54, 1.807) is 0 Å².